The second-order valence-corrected chi connectivity index (χ2v) is 4.98. The van der Waals surface area contributed by atoms with E-state index in [9.17, 15) is 0 Å². The van der Waals surface area contributed by atoms with Crippen molar-refractivity contribution >= 4 is 45.0 Å². The molecule has 0 aliphatic carbocycles. The SMILES string of the molecule is Cn1ncc2c(Nc3ccc4cn[nH]c4c3)nc(Cl)nc21. The number of nitrogens with one attached hydrogen (secondary N) is 2. The number of halogens is 1. The summed E-state index contributed by atoms with van der Waals surface area (Å²) in [5.41, 5.74) is 2.51. The van der Waals surface area contributed by atoms with Crippen LogP contribution in [0.3, 0.4) is 0 Å². The molecule has 0 unspecified atom stereocenters. The van der Waals surface area contributed by atoms with Crippen molar-refractivity contribution in [2.24, 2.45) is 7.05 Å². The average Bonchev–Trinajstić information content (AvgIpc) is 3.06. The molecule has 2 N–H and O–H groups in total. The van der Waals surface area contributed by atoms with Gasteiger partial charge in [0.1, 0.15) is 5.82 Å². The largest absolute Gasteiger partial charge is 0.339 e. The standard InChI is InChI=1S/C13H10ClN7/c1-21-12-9(6-16-21)11(18-13(14)19-12)17-8-3-2-7-5-15-20-10(7)4-8/h2-6H,1H3,(H,15,20)(H,17,18,19). The van der Waals surface area contributed by atoms with E-state index in [0.717, 1.165) is 22.0 Å². The normalized spacial score (nSPS) is 11.3. The molecule has 3 aromatic heterocycles. The van der Waals surface area contributed by atoms with Crippen LogP contribution >= 0.6 is 11.6 Å². The number of benzene rings is 1. The lowest BCUT2D eigenvalue weighted by molar-refractivity contribution is 0.785. The lowest BCUT2D eigenvalue weighted by atomic mass is 10.2. The maximum Gasteiger partial charge on any atom is 0.226 e. The summed E-state index contributed by atoms with van der Waals surface area (Å²) in [4.78, 5) is 8.42. The molecule has 0 spiro atoms. The summed E-state index contributed by atoms with van der Waals surface area (Å²) >= 11 is 5.98. The van der Waals surface area contributed by atoms with Crippen molar-refractivity contribution in [2.75, 3.05) is 5.32 Å². The molecule has 3 heterocycles. The van der Waals surface area contributed by atoms with Crippen molar-refractivity contribution in [2.45, 2.75) is 0 Å². The summed E-state index contributed by atoms with van der Waals surface area (Å²) in [5.74, 6) is 0.622. The minimum absolute atomic E-state index is 0.177. The van der Waals surface area contributed by atoms with Gasteiger partial charge < -0.3 is 5.32 Å². The van der Waals surface area contributed by atoms with Crippen LogP contribution < -0.4 is 5.32 Å². The molecule has 4 rings (SSSR count). The van der Waals surface area contributed by atoms with E-state index in [1.54, 1.807) is 17.1 Å². The van der Waals surface area contributed by atoms with E-state index in [4.69, 9.17) is 11.6 Å². The van der Waals surface area contributed by atoms with Gasteiger partial charge in [0.25, 0.3) is 0 Å². The van der Waals surface area contributed by atoms with E-state index in [2.05, 4.69) is 30.6 Å². The van der Waals surface area contributed by atoms with Crippen molar-refractivity contribution in [3.63, 3.8) is 0 Å². The van der Waals surface area contributed by atoms with Gasteiger partial charge in [-0.15, -0.1) is 0 Å². The Morgan fingerprint density at radius 2 is 2.14 bits per heavy atom. The molecule has 7 nitrogen and oxygen atoms in total. The minimum atomic E-state index is 0.177. The van der Waals surface area contributed by atoms with E-state index in [1.165, 1.54) is 0 Å². The summed E-state index contributed by atoms with van der Waals surface area (Å²) in [6.07, 6.45) is 3.49. The van der Waals surface area contributed by atoms with Crippen LogP contribution in [0.5, 0.6) is 0 Å². The van der Waals surface area contributed by atoms with E-state index in [-0.39, 0.29) is 5.28 Å². The van der Waals surface area contributed by atoms with Gasteiger partial charge in [0, 0.05) is 18.1 Å². The van der Waals surface area contributed by atoms with E-state index in [1.807, 2.05) is 25.2 Å². The quantitative estimate of drug-likeness (QED) is 0.556. The summed E-state index contributed by atoms with van der Waals surface area (Å²) in [5, 5.41) is 16.4. The Labute approximate surface area is 124 Å². The minimum Gasteiger partial charge on any atom is -0.339 e. The predicted molar refractivity (Wildman–Crippen MR) is 80.7 cm³/mol. The lowest BCUT2D eigenvalue weighted by Crippen LogP contribution is -1.98. The maximum absolute atomic E-state index is 5.98. The molecule has 0 radical (unpaired) electrons. The number of aromatic amines is 1. The van der Waals surface area contributed by atoms with Gasteiger partial charge in [-0.05, 0) is 29.8 Å². The third kappa shape index (κ3) is 1.98. The summed E-state index contributed by atoms with van der Waals surface area (Å²) in [7, 11) is 1.81. The van der Waals surface area contributed by atoms with Crippen LogP contribution in [0.25, 0.3) is 21.9 Å². The molecule has 1 aromatic carbocycles. The number of aromatic nitrogens is 6. The van der Waals surface area contributed by atoms with Crippen LogP contribution in [0.4, 0.5) is 11.5 Å². The van der Waals surface area contributed by atoms with Gasteiger partial charge >= 0.3 is 0 Å². The highest BCUT2D eigenvalue weighted by Crippen LogP contribution is 2.26. The van der Waals surface area contributed by atoms with Gasteiger partial charge in [0.15, 0.2) is 5.65 Å². The zero-order valence-electron chi connectivity index (χ0n) is 11.0. The first kappa shape index (κ1) is 12.1. The number of rotatable bonds is 2. The monoisotopic (exact) mass is 299 g/mol. The molecule has 4 aromatic rings. The fourth-order valence-corrected chi connectivity index (χ4v) is 2.41. The number of anilines is 2. The molecule has 0 saturated carbocycles. The zero-order chi connectivity index (χ0) is 14.4. The topological polar surface area (TPSA) is 84.3 Å². The summed E-state index contributed by atoms with van der Waals surface area (Å²) < 4.78 is 1.66. The number of aryl methyl sites for hydroxylation is 1. The molecule has 0 aliphatic rings. The Hall–Kier alpha value is -2.67. The van der Waals surface area contributed by atoms with Gasteiger partial charge in [0.05, 0.1) is 23.3 Å². The highest BCUT2D eigenvalue weighted by atomic mass is 35.5. The Kier molecular flexibility index (Phi) is 2.55. The predicted octanol–water partition coefficient (Wildman–Crippen LogP) is 2.64. The third-order valence-corrected chi connectivity index (χ3v) is 3.44. The van der Waals surface area contributed by atoms with E-state index >= 15 is 0 Å². The Morgan fingerprint density at radius 1 is 1.24 bits per heavy atom. The van der Waals surface area contributed by atoms with Gasteiger partial charge in [0.2, 0.25) is 5.28 Å². The second-order valence-electron chi connectivity index (χ2n) is 4.64. The van der Waals surface area contributed by atoms with Crippen LogP contribution in [-0.2, 0) is 7.05 Å². The molecule has 0 amide bonds. The van der Waals surface area contributed by atoms with Crippen LogP contribution in [0, 0.1) is 0 Å². The molecule has 0 bridgehead atoms. The van der Waals surface area contributed by atoms with Crippen LogP contribution in [-0.4, -0.2) is 29.9 Å². The highest BCUT2D eigenvalue weighted by molar-refractivity contribution is 6.28. The molecule has 104 valence electrons. The van der Waals surface area contributed by atoms with E-state index < -0.39 is 0 Å². The van der Waals surface area contributed by atoms with Crippen molar-refractivity contribution in [1.82, 2.24) is 29.9 Å². The molecule has 8 heteroatoms. The number of fused-ring (bicyclic) bond motifs is 2. The Morgan fingerprint density at radius 3 is 3.05 bits per heavy atom. The lowest BCUT2D eigenvalue weighted by Gasteiger charge is -2.07. The van der Waals surface area contributed by atoms with Crippen molar-refractivity contribution in [3.05, 3.63) is 35.9 Å². The maximum atomic E-state index is 5.98. The fourth-order valence-electron chi connectivity index (χ4n) is 2.24. The third-order valence-electron chi connectivity index (χ3n) is 3.27. The van der Waals surface area contributed by atoms with Gasteiger partial charge in [-0.25, -0.2) is 0 Å². The number of H-pyrrole nitrogens is 1. The first-order chi connectivity index (χ1) is 10.2. The number of hydrogen-bond donors (Lipinski definition) is 2. The zero-order valence-corrected chi connectivity index (χ0v) is 11.8. The first-order valence-corrected chi connectivity index (χ1v) is 6.64. The summed E-state index contributed by atoms with van der Waals surface area (Å²) in [6, 6.07) is 5.89. The average molecular weight is 300 g/mol. The fraction of sp³-hybridized carbons (Fsp3) is 0.0769. The smallest absolute Gasteiger partial charge is 0.226 e. The number of nitrogens with zero attached hydrogens (tertiary/aromatic N) is 5. The molecular formula is C13H10ClN7. The first-order valence-electron chi connectivity index (χ1n) is 6.26. The van der Waals surface area contributed by atoms with Crippen LogP contribution in [0.2, 0.25) is 5.28 Å². The van der Waals surface area contributed by atoms with Gasteiger partial charge in [-0.2, -0.15) is 20.2 Å². The van der Waals surface area contributed by atoms with Crippen LogP contribution in [0.1, 0.15) is 0 Å². The highest BCUT2D eigenvalue weighted by Gasteiger charge is 2.11. The number of hydrogen-bond acceptors (Lipinski definition) is 5. The van der Waals surface area contributed by atoms with Gasteiger partial charge in [-0.1, -0.05) is 0 Å². The van der Waals surface area contributed by atoms with Gasteiger partial charge in [-0.3, -0.25) is 9.78 Å². The summed E-state index contributed by atoms with van der Waals surface area (Å²) in [6.45, 7) is 0. The van der Waals surface area contributed by atoms with Crippen LogP contribution in [0.15, 0.2) is 30.6 Å². The molecule has 21 heavy (non-hydrogen) atoms. The molecule has 0 fully saturated rings. The Bertz CT molecular complexity index is 956. The van der Waals surface area contributed by atoms with Crippen molar-refractivity contribution in [3.8, 4) is 0 Å². The molecule has 0 aliphatic heterocycles. The van der Waals surface area contributed by atoms with Crippen molar-refractivity contribution < 1.29 is 0 Å². The molecular weight excluding hydrogens is 290 g/mol. The van der Waals surface area contributed by atoms with Crippen molar-refractivity contribution in [1.29, 1.82) is 0 Å². The Balaban J connectivity index is 1.82. The molecule has 0 atom stereocenters. The van der Waals surface area contributed by atoms with E-state index in [0.29, 0.717) is 11.5 Å². The molecule has 0 saturated heterocycles. The second kappa shape index (κ2) is 4.42.